The van der Waals surface area contributed by atoms with Crippen molar-refractivity contribution in [2.75, 3.05) is 13.1 Å². The van der Waals surface area contributed by atoms with Gasteiger partial charge in [0.2, 0.25) is 0 Å². The number of furan rings is 1. The van der Waals surface area contributed by atoms with Crippen LogP contribution >= 0.6 is 0 Å². The van der Waals surface area contributed by atoms with Gasteiger partial charge in [-0.15, -0.1) is 0 Å². The first kappa shape index (κ1) is 18.0. The molecule has 2 aromatic heterocycles. The molecule has 1 unspecified atom stereocenters. The highest BCUT2D eigenvalue weighted by atomic mass is 16.3. The summed E-state index contributed by atoms with van der Waals surface area (Å²) in [5.74, 6) is 2.88. The molecule has 0 aliphatic heterocycles. The quantitative estimate of drug-likeness (QED) is 0.538. The Balaban J connectivity index is 2.05. The minimum absolute atomic E-state index is 0.303. The smallest absolute Gasteiger partial charge is 0.191 e. The second-order valence-electron chi connectivity index (χ2n) is 5.95. The number of nitrogens with one attached hydrogen (secondary N) is 2. The molecule has 0 bridgehead atoms. The van der Waals surface area contributed by atoms with Gasteiger partial charge in [0.15, 0.2) is 5.96 Å². The van der Waals surface area contributed by atoms with E-state index in [1.807, 2.05) is 33.9 Å². The van der Waals surface area contributed by atoms with Crippen LogP contribution in [-0.4, -0.2) is 38.9 Å². The van der Waals surface area contributed by atoms with Crippen molar-refractivity contribution in [3.05, 3.63) is 35.3 Å². The van der Waals surface area contributed by atoms with E-state index in [2.05, 4.69) is 25.7 Å². The van der Waals surface area contributed by atoms with Gasteiger partial charge in [-0.1, -0.05) is 0 Å². The Hall–Kier alpha value is -2.35. The fraction of sp³-hybridized carbons (Fsp3) is 0.562. The van der Waals surface area contributed by atoms with Gasteiger partial charge in [0, 0.05) is 19.2 Å². The summed E-state index contributed by atoms with van der Waals surface area (Å²) in [6, 6.07) is 1.86. The minimum Gasteiger partial charge on any atom is -0.466 e. The molecule has 0 fully saturated rings. The van der Waals surface area contributed by atoms with E-state index in [9.17, 15) is 5.11 Å². The van der Waals surface area contributed by atoms with Crippen LogP contribution in [0.1, 0.15) is 36.8 Å². The fourth-order valence-electron chi connectivity index (χ4n) is 2.47. The number of hydrogen-bond donors (Lipinski definition) is 3. The van der Waals surface area contributed by atoms with Crippen molar-refractivity contribution in [2.45, 2.75) is 39.8 Å². The molecule has 3 N–H and O–H groups in total. The number of hydrogen-bond acceptors (Lipinski definition) is 5. The Morgan fingerprint density at radius 2 is 2.17 bits per heavy atom. The zero-order valence-electron chi connectivity index (χ0n) is 14.9. The van der Waals surface area contributed by atoms with E-state index in [1.165, 1.54) is 6.33 Å². The molecule has 8 heteroatoms. The molecule has 1 atom stereocenters. The number of nitrogens with zero attached hydrogens (tertiary/aromatic N) is 4. The summed E-state index contributed by atoms with van der Waals surface area (Å²) in [6.07, 6.45) is 1.50. The summed E-state index contributed by atoms with van der Waals surface area (Å²) in [7, 11) is 1.83. The Morgan fingerprint density at radius 3 is 2.71 bits per heavy atom. The van der Waals surface area contributed by atoms with Crippen LogP contribution in [0.25, 0.3) is 0 Å². The molecule has 24 heavy (non-hydrogen) atoms. The van der Waals surface area contributed by atoms with Crippen molar-refractivity contribution in [3.8, 4) is 0 Å². The molecular formula is C16H26N6O2. The van der Waals surface area contributed by atoms with E-state index in [0.29, 0.717) is 19.0 Å². The number of aryl methyl sites for hydroxylation is 3. The topological polar surface area (TPSA) is 100 Å². The lowest BCUT2D eigenvalue weighted by molar-refractivity contribution is 0.0601. The molecule has 0 radical (unpaired) electrons. The third-order valence-electron chi connectivity index (χ3n) is 3.75. The van der Waals surface area contributed by atoms with Crippen LogP contribution in [0, 0.1) is 13.8 Å². The van der Waals surface area contributed by atoms with E-state index >= 15 is 0 Å². The van der Waals surface area contributed by atoms with Crippen molar-refractivity contribution < 1.29 is 9.52 Å². The third-order valence-corrected chi connectivity index (χ3v) is 3.75. The van der Waals surface area contributed by atoms with Crippen molar-refractivity contribution in [3.63, 3.8) is 0 Å². The van der Waals surface area contributed by atoms with Crippen LogP contribution < -0.4 is 10.6 Å². The van der Waals surface area contributed by atoms with Gasteiger partial charge in [0.05, 0.1) is 6.54 Å². The van der Waals surface area contributed by atoms with Gasteiger partial charge in [0.25, 0.3) is 0 Å². The molecule has 0 amide bonds. The molecule has 0 aromatic carbocycles. The largest absolute Gasteiger partial charge is 0.466 e. The average Bonchev–Trinajstić information content (AvgIpc) is 3.07. The molecule has 2 heterocycles. The van der Waals surface area contributed by atoms with Gasteiger partial charge in [-0.25, -0.2) is 9.98 Å². The summed E-state index contributed by atoms with van der Waals surface area (Å²) < 4.78 is 7.19. The molecular weight excluding hydrogens is 308 g/mol. The van der Waals surface area contributed by atoms with Crippen molar-refractivity contribution in [1.82, 2.24) is 25.4 Å². The molecule has 132 valence electrons. The van der Waals surface area contributed by atoms with E-state index in [0.717, 1.165) is 29.5 Å². The summed E-state index contributed by atoms with van der Waals surface area (Å²) in [4.78, 5) is 8.62. The first-order chi connectivity index (χ1) is 11.3. The van der Waals surface area contributed by atoms with Gasteiger partial charge in [-0.05, 0) is 33.8 Å². The van der Waals surface area contributed by atoms with E-state index in [4.69, 9.17) is 4.42 Å². The van der Waals surface area contributed by atoms with Crippen LogP contribution in [0.3, 0.4) is 0 Å². The highest BCUT2D eigenvalue weighted by Crippen LogP contribution is 2.26. The number of aromatic nitrogens is 3. The normalized spacial score (nSPS) is 14.5. The van der Waals surface area contributed by atoms with Crippen LogP contribution in [0.2, 0.25) is 0 Å². The van der Waals surface area contributed by atoms with Crippen LogP contribution in [0.5, 0.6) is 0 Å². The Morgan fingerprint density at radius 1 is 1.42 bits per heavy atom. The number of guanidine groups is 1. The molecule has 0 aliphatic rings. The van der Waals surface area contributed by atoms with Crippen LogP contribution in [0.15, 0.2) is 21.8 Å². The molecule has 2 rings (SSSR count). The predicted molar refractivity (Wildman–Crippen MR) is 91.6 cm³/mol. The summed E-state index contributed by atoms with van der Waals surface area (Å²) >= 11 is 0. The lowest BCUT2D eigenvalue weighted by atomic mass is 9.96. The molecule has 0 saturated heterocycles. The highest BCUT2D eigenvalue weighted by molar-refractivity contribution is 5.79. The molecule has 0 saturated carbocycles. The van der Waals surface area contributed by atoms with E-state index in [-0.39, 0.29) is 0 Å². The standard InChI is InChI=1S/C16H26N6O2/c1-6-17-15(18-8-14-20-10-21-22(14)5)19-9-16(4,23)13-7-11(2)24-12(13)3/h7,10,23H,6,8-9H2,1-5H3,(H2,17,18,19). The van der Waals surface area contributed by atoms with Crippen molar-refractivity contribution in [1.29, 1.82) is 0 Å². The average molecular weight is 334 g/mol. The molecule has 0 aliphatic carbocycles. The molecule has 8 nitrogen and oxygen atoms in total. The fourth-order valence-corrected chi connectivity index (χ4v) is 2.47. The second-order valence-corrected chi connectivity index (χ2v) is 5.95. The Kier molecular flexibility index (Phi) is 5.61. The van der Waals surface area contributed by atoms with Crippen LogP contribution in [0.4, 0.5) is 0 Å². The van der Waals surface area contributed by atoms with Gasteiger partial charge >= 0.3 is 0 Å². The minimum atomic E-state index is -1.07. The summed E-state index contributed by atoms with van der Waals surface area (Å²) in [6.45, 7) is 8.88. The van der Waals surface area contributed by atoms with Crippen molar-refractivity contribution >= 4 is 5.96 Å². The van der Waals surface area contributed by atoms with Gasteiger partial charge in [-0.3, -0.25) is 4.68 Å². The molecule has 0 spiro atoms. The first-order valence-electron chi connectivity index (χ1n) is 7.98. The maximum absolute atomic E-state index is 10.8. The van der Waals surface area contributed by atoms with Gasteiger partial charge < -0.3 is 20.2 Å². The SMILES string of the molecule is CCNC(=NCc1ncnn1C)NCC(C)(O)c1cc(C)oc1C. The maximum atomic E-state index is 10.8. The molecule has 2 aromatic rings. The second kappa shape index (κ2) is 7.48. The number of aliphatic imine (C=N–C) groups is 1. The number of rotatable bonds is 6. The van der Waals surface area contributed by atoms with E-state index in [1.54, 1.807) is 11.6 Å². The summed E-state index contributed by atoms with van der Waals surface area (Å²) in [5.41, 5.74) is -0.292. The lowest BCUT2D eigenvalue weighted by Crippen LogP contribution is -2.44. The highest BCUT2D eigenvalue weighted by Gasteiger charge is 2.27. The van der Waals surface area contributed by atoms with Gasteiger partial charge in [-0.2, -0.15) is 5.10 Å². The zero-order valence-corrected chi connectivity index (χ0v) is 14.9. The predicted octanol–water partition coefficient (Wildman–Crippen LogP) is 0.988. The Labute approximate surface area is 142 Å². The first-order valence-corrected chi connectivity index (χ1v) is 7.98. The van der Waals surface area contributed by atoms with Crippen molar-refractivity contribution in [2.24, 2.45) is 12.0 Å². The van der Waals surface area contributed by atoms with Crippen LogP contribution in [-0.2, 0) is 19.2 Å². The lowest BCUT2D eigenvalue weighted by Gasteiger charge is -2.24. The zero-order chi connectivity index (χ0) is 17.7. The third kappa shape index (κ3) is 4.35. The monoisotopic (exact) mass is 334 g/mol. The summed E-state index contributed by atoms with van der Waals surface area (Å²) in [5, 5.41) is 21.1. The maximum Gasteiger partial charge on any atom is 0.191 e. The number of aliphatic hydroxyl groups is 1. The van der Waals surface area contributed by atoms with E-state index < -0.39 is 5.60 Å². The van der Waals surface area contributed by atoms with Gasteiger partial charge in [0.1, 0.15) is 35.8 Å². The Bertz CT molecular complexity index is 701.